The van der Waals surface area contributed by atoms with Gasteiger partial charge in [0.05, 0.1) is 21.7 Å². The molecular formula is C24H22ClN3O2. The minimum Gasteiger partial charge on any atom is -0.485 e. The van der Waals surface area contributed by atoms with Crippen molar-refractivity contribution >= 4 is 34.2 Å². The smallest absolute Gasteiger partial charge is 0.244 e. The van der Waals surface area contributed by atoms with Crippen molar-refractivity contribution in [2.45, 2.75) is 27.0 Å². The van der Waals surface area contributed by atoms with Gasteiger partial charge in [-0.05, 0) is 55.3 Å². The first-order chi connectivity index (χ1) is 14.5. The zero-order valence-corrected chi connectivity index (χ0v) is 17.6. The molecule has 0 fully saturated rings. The number of rotatable bonds is 6. The highest BCUT2D eigenvalue weighted by Crippen LogP contribution is 2.23. The van der Waals surface area contributed by atoms with Gasteiger partial charge in [-0.3, -0.25) is 4.79 Å². The molecule has 1 amide bonds. The first-order valence-electron chi connectivity index (χ1n) is 9.70. The Hall–Kier alpha value is -3.31. The normalized spacial score (nSPS) is 10.9. The summed E-state index contributed by atoms with van der Waals surface area (Å²) in [5.41, 5.74) is 4.47. The largest absolute Gasteiger partial charge is 0.485 e. The Kier molecular flexibility index (Phi) is 5.72. The Morgan fingerprint density at radius 3 is 2.67 bits per heavy atom. The van der Waals surface area contributed by atoms with Crippen LogP contribution in [0.2, 0.25) is 5.02 Å². The first-order valence-corrected chi connectivity index (χ1v) is 10.1. The van der Waals surface area contributed by atoms with Gasteiger partial charge in [0.1, 0.15) is 24.7 Å². The maximum Gasteiger partial charge on any atom is 0.244 e. The number of para-hydroxylation sites is 3. The van der Waals surface area contributed by atoms with Crippen molar-refractivity contribution in [2.75, 3.05) is 5.32 Å². The quantitative estimate of drug-likeness (QED) is 0.447. The number of halogens is 1. The van der Waals surface area contributed by atoms with Crippen LogP contribution in [0.5, 0.6) is 5.75 Å². The lowest BCUT2D eigenvalue weighted by Crippen LogP contribution is -2.21. The average molecular weight is 420 g/mol. The number of nitrogens with one attached hydrogen (secondary N) is 1. The third-order valence-electron chi connectivity index (χ3n) is 4.88. The van der Waals surface area contributed by atoms with Crippen LogP contribution in [0, 0.1) is 13.8 Å². The van der Waals surface area contributed by atoms with E-state index in [1.165, 1.54) is 0 Å². The zero-order valence-electron chi connectivity index (χ0n) is 16.9. The van der Waals surface area contributed by atoms with Gasteiger partial charge in [0, 0.05) is 0 Å². The molecule has 0 aliphatic heterocycles. The molecule has 0 saturated heterocycles. The molecule has 152 valence electrons. The molecule has 30 heavy (non-hydrogen) atoms. The van der Waals surface area contributed by atoms with Crippen molar-refractivity contribution in [1.29, 1.82) is 0 Å². The summed E-state index contributed by atoms with van der Waals surface area (Å²) >= 11 is 6.17. The standard InChI is InChI=1S/C24H22ClN3O2/c1-16-11-12-17(2)22(13-16)30-15-23-26-20-9-5-6-10-21(20)28(23)14-24(29)27-19-8-4-3-7-18(19)25/h3-13H,14-15H2,1-2H3,(H,27,29). The number of carbonyl (C=O) groups excluding carboxylic acids is 1. The summed E-state index contributed by atoms with van der Waals surface area (Å²) in [6.45, 7) is 4.41. The second-order valence-corrected chi connectivity index (χ2v) is 7.60. The highest BCUT2D eigenvalue weighted by Gasteiger charge is 2.15. The summed E-state index contributed by atoms with van der Waals surface area (Å²) < 4.78 is 7.94. The van der Waals surface area contributed by atoms with Crippen LogP contribution in [-0.4, -0.2) is 15.5 Å². The third-order valence-corrected chi connectivity index (χ3v) is 5.21. The molecule has 0 bridgehead atoms. The fourth-order valence-corrected chi connectivity index (χ4v) is 3.50. The molecule has 3 aromatic carbocycles. The van der Waals surface area contributed by atoms with Crippen molar-refractivity contribution in [1.82, 2.24) is 9.55 Å². The van der Waals surface area contributed by atoms with Crippen LogP contribution in [0.4, 0.5) is 5.69 Å². The Bertz CT molecular complexity index is 1220. The number of hydrogen-bond donors (Lipinski definition) is 1. The predicted octanol–water partition coefficient (Wildman–Crippen LogP) is 5.52. The van der Waals surface area contributed by atoms with Gasteiger partial charge in [-0.15, -0.1) is 0 Å². The van der Waals surface area contributed by atoms with Crippen LogP contribution in [0.25, 0.3) is 11.0 Å². The summed E-state index contributed by atoms with van der Waals surface area (Å²) in [4.78, 5) is 17.4. The summed E-state index contributed by atoms with van der Waals surface area (Å²) in [5, 5.41) is 3.37. The van der Waals surface area contributed by atoms with E-state index in [0.29, 0.717) is 16.5 Å². The number of benzene rings is 3. The Balaban J connectivity index is 1.59. The number of hydrogen-bond acceptors (Lipinski definition) is 3. The minimum absolute atomic E-state index is 0.108. The second kappa shape index (κ2) is 8.59. The van der Waals surface area contributed by atoms with Crippen LogP contribution in [0.15, 0.2) is 66.7 Å². The van der Waals surface area contributed by atoms with E-state index in [0.717, 1.165) is 27.9 Å². The number of nitrogens with zero attached hydrogens (tertiary/aromatic N) is 2. The van der Waals surface area contributed by atoms with E-state index in [1.807, 2.05) is 66.9 Å². The second-order valence-electron chi connectivity index (χ2n) is 7.19. The van der Waals surface area contributed by atoms with Crippen molar-refractivity contribution in [3.05, 3.63) is 88.7 Å². The highest BCUT2D eigenvalue weighted by molar-refractivity contribution is 6.33. The molecule has 1 aromatic heterocycles. The van der Waals surface area contributed by atoms with E-state index >= 15 is 0 Å². The van der Waals surface area contributed by atoms with Crippen LogP contribution >= 0.6 is 11.6 Å². The van der Waals surface area contributed by atoms with E-state index < -0.39 is 0 Å². The van der Waals surface area contributed by atoms with Crippen molar-refractivity contribution in [3.8, 4) is 5.75 Å². The van der Waals surface area contributed by atoms with Crippen LogP contribution in [0.1, 0.15) is 17.0 Å². The van der Waals surface area contributed by atoms with Crippen LogP contribution in [0.3, 0.4) is 0 Å². The maximum absolute atomic E-state index is 12.7. The number of amides is 1. The number of fused-ring (bicyclic) bond motifs is 1. The van der Waals surface area contributed by atoms with Gasteiger partial charge in [-0.25, -0.2) is 4.98 Å². The molecule has 0 aliphatic carbocycles. The van der Waals surface area contributed by atoms with Gasteiger partial charge in [0.25, 0.3) is 0 Å². The van der Waals surface area contributed by atoms with Gasteiger partial charge in [0.15, 0.2) is 0 Å². The number of imidazole rings is 1. The molecule has 4 aromatic rings. The Morgan fingerprint density at radius 1 is 1.07 bits per heavy atom. The van der Waals surface area contributed by atoms with Gasteiger partial charge in [0.2, 0.25) is 5.91 Å². The summed E-state index contributed by atoms with van der Waals surface area (Å²) in [7, 11) is 0. The molecule has 0 saturated carbocycles. The molecule has 0 spiro atoms. The number of anilines is 1. The molecule has 0 radical (unpaired) electrons. The topological polar surface area (TPSA) is 56.2 Å². The lowest BCUT2D eigenvalue weighted by molar-refractivity contribution is -0.116. The fourth-order valence-electron chi connectivity index (χ4n) is 3.31. The molecular weight excluding hydrogens is 398 g/mol. The van der Waals surface area contributed by atoms with Crippen molar-refractivity contribution in [3.63, 3.8) is 0 Å². The predicted molar refractivity (Wildman–Crippen MR) is 120 cm³/mol. The van der Waals surface area contributed by atoms with Crippen LogP contribution in [-0.2, 0) is 17.9 Å². The summed E-state index contributed by atoms with van der Waals surface area (Å²) in [6.07, 6.45) is 0. The van der Waals surface area contributed by atoms with E-state index in [4.69, 9.17) is 16.3 Å². The maximum atomic E-state index is 12.7. The summed E-state index contributed by atoms with van der Waals surface area (Å²) in [5.74, 6) is 1.32. The van der Waals surface area contributed by atoms with E-state index in [2.05, 4.69) is 16.4 Å². The lowest BCUT2D eigenvalue weighted by atomic mass is 10.1. The minimum atomic E-state index is -0.181. The molecule has 1 heterocycles. The van der Waals surface area contributed by atoms with E-state index in [9.17, 15) is 4.79 Å². The number of carbonyl (C=O) groups is 1. The van der Waals surface area contributed by atoms with Crippen LogP contribution < -0.4 is 10.1 Å². The number of ether oxygens (including phenoxy) is 1. The zero-order chi connectivity index (χ0) is 21.1. The Labute approximate surface area is 180 Å². The number of aromatic nitrogens is 2. The average Bonchev–Trinajstić information content (AvgIpc) is 3.08. The molecule has 4 rings (SSSR count). The van der Waals surface area contributed by atoms with Gasteiger partial charge in [-0.2, -0.15) is 0 Å². The molecule has 6 heteroatoms. The Morgan fingerprint density at radius 2 is 1.83 bits per heavy atom. The molecule has 1 N–H and O–H groups in total. The fraction of sp³-hybridized carbons (Fsp3) is 0.167. The van der Waals surface area contributed by atoms with E-state index in [1.54, 1.807) is 12.1 Å². The molecule has 0 atom stereocenters. The van der Waals surface area contributed by atoms with Gasteiger partial charge < -0.3 is 14.6 Å². The molecule has 5 nitrogen and oxygen atoms in total. The van der Waals surface area contributed by atoms with Gasteiger partial charge in [-0.1, -0.05) is 48.0 Å². The number of aryl methyl sites for hydroxylation is 2. The monoisotopic (exact) mass is 419 g/mol. The lowest BCUT2D eigenvalue weighted by Gasteiger charge is -2.13. The molecule has 0 aliphatic rings. The highest BCUT2D eigenvalue weighted by atomic mass is 35.5. The van der Waals surface area contributed by atoms with Crippen molar-refractivity contribution in [2.24, 2.45) is 0 Å². The molecule has 0 unspecified atom stereocenters. The first kappa shape index (κ1) is 20.0. The summed E-state index contributed by atoms with van der Waals surface area (Å²) in [6, 6.07) is 21.0. The van der Waals surface area contributed by atoms with E-state index in [-0.39, 0.29) is 19.1 Å². The van der Waals surface area contributed by atoms with Gasteiger partial charge >= 0.3 is 0 Å². The SMILES string of the molecule is Cc1ccc(C)c(OCc2nc3ccccc3n2CC(=O)Nc2ccccc2Cl)c1. The van der Waals surface area contributed by atoms with Crippen molar-refractivity contribution < 1.29 is 9.53 Å². The third kappa shape index (κ3) is 4.31.